The number of azide groups is 1. The van der Waals surface area contributed by atoms with Gasteiger partial charge in [-0.25, -0.2) is 4.79 Å². The maximum atomic E-state index is 11.6. The van der Waals surface area contributed by atoms with Crippen LogP contribution >= 0.6 is 0 Å². The molecule has 1 N–H and O–H groups in total. The van der Waals surface area contributed by atoms with E-state index in [1.807, 2.05) is 6.07 Å². The van der Waals surface area contributed by atoms with Crippen LogP contribution in [0.1, 0.15) is 97.7 Å². The number of nitro benzene ring substituents is 1. The molecule has 0 radical (unpaired) electrons. The predicted molar refractivity (Wildman–Crippen MR) is 166 cm³/mol. The van der Waals surface area contributed by atoms with E-state index in [1.54, 1.807) is 0 Å². The van der Waals surface area contributed by atoms with E-state index in [0.717, 1.165) is 76.9 Å². The van der Waals surface area contributed by atoms with Crippen molar-refractivity contribution in [3.63, 3.8) is 0 Å². The summed E-state index contributed by atoms with van der Waals surface area (Å²) in [5.74, 6) is 1.46. The van der Waals surface area contributed by atoms with Crippen LogP contribution in [0.3, 0.4) is 0 Å². The number of benzene rings is 2. The van der Waals surface area contributed by atoms with Gasteiger partial charge < -0.3 is 19.3 Å². The summed E-state index contributed by atoms with van der Waals surface area (Å²) in [5, 5.41) is 24.6. The van der Waals surface area contributed by atoms with Crippen LogP contribution in [0.2, 0.25) is 0 Å². The van der Waals surface area contributed by atoms with Crippen molar-refractivity contribution < 1.29 is 29.0 Å². The predicted octanol–water partition coefficient (Wildman–Crippen LogP) is 7.96. The number of ether oxygens (including phenoxy) is 3. The lowest BCUT2D eigenvalue weighted by molar-refractivity contribution is -0.385. The fourth-order valence-corrected chi connectivity index (χ4v) is 8.92. The number of hydrogen-bond acceptors (Lipinski definition) is 7. The van der Waals surface area contributed by atoms with Crippen LogP contribution in [0.5, 0.6) is 5.75 Å². The van der Waals surface area contributed by atoms with E-state index in [0.29, 0.717) is 41.5 Å². The Hall–Kier alpha value is -3.66. The highest BCUT2D eigenvalue weighted by Crippen LogP contribution is 2.64. The Morgan fingerprint density at radius 3 is 2.84 bits per heavy atom. The molecular formula is C34H42N4O7. The number of hydrogen-bond donors (Lipinski definition) is 1. The van der Waals surface area contributed by atoms with Crippen molar-refractivity contribution in [2.45, 2.75) is 96.1 Å². The first-order chi connectivity index (χ1) is 21.8. The van der Waals surface area contributed by atoms with Gasteiger partial charge >= 0.3 is 5.97 Å². The number of carboxylic acid groups (broad SMARTS) is 1. The van der Waals surface area contributed by atoms with E-state index in [1.165, 1.54) is 23.3 Å². The Balaban J connectivity index is 1.17. The maximum absolute atomic E-state index is 11.6. The summed E-state index contributed by atoms with van der Waals surface area (Å²) in [6.07, 6.45) is 10.4. The van der Waals surface area contributed by atoms with Gasteiger partial charge in [-0.3, -0.25) is 10.1 Å². The SMILES string of the molecule is C[C@]12CC[C@@H]3c4ccc(OCc5ccc(C(=O)O)cc5[N+](=O)[O-])cc4CC[C@H]3[C@@H]1C[C@H](CCCN=[N+]=[N-])[C@@H]2OC1CCCCO1. The summed E-state index contributed by atoms with van der Waals surface area (Å²) >= 11 is 0. The largest absolute Gasteiger partial charge is 0.489 e. The van der Waals surface area contributed by atoms with Gasteiger partial charge in [0, 0.05) is 24.1 Å². The molecule has 240 valence electrons. The number of nitrogens with zero attached hydrogens (tertiary/aromatic N) is 4. The van der Waals surface area contributed by atoms with Crippen LogP contribution < -0.4 is 4.74 Å². The summed E-state index contributed by atoms with van der Waals surface area (Å²) in [6.45, 7) is 3.71. The normalized spacial score (nSPS) is 30.3. The van der Waals surface area contributed by atoms with E-state index < -0.39 is 10.9 Å². The van der Waals surface area contributed by atoms with Gasteiger partial charge in [0.1, 0.15) is 12.4 Å². The summed E-state index contributed by atoms with van der Waals surface area (Å²) in [7, 11) is 0. The van der Waals surface area contributed by atoms with Crippen molar-refractivity contribution >= 4 is 11.7 Å². The molecule has 6 rings (SSSR count). The third kappa shape index (κ3) is 6.39. The Bertz CT molecular complexity index is 1470. The molecule has 3 aliphatic carbocycles. The summed E-state index contributed by atoms with van der Waals surface area (Å²) in [5.41, 5.74) is 11.5. The van der Waals surface area contributed by atoms with Crippen LogP contribution in [0.4, 0.5) is 5.69 Å². The van der Waals surface area contributed by atoms with Crippen molar-refractivity contribution in [3.8, 4) is 5.75 Å². The molecule has 2 aromatic rings. The molecule has 2 aromatic carbocycles. The first kappa shape index (κ1) is 31.3. The minimum Gasteiger partial charge on any atom is -0.489 e. The number of nitro groups is 1. The molecule has 4 aliphatic rings. The van der Waals surface area contributed by atoms with E-state index in [-0.39, 0.29) is 35.7 Å². The highest BCUT2D eigenvalue weighted by molar-refractivity contribution is 5.88. The van der Waals surface area contributed by atoms with Crippen molar-refractivity contribution in [2.24, 2.45) is 28.3 Å². The van der Waals surface area contributed by atoms with Crippen molar-refractivity contribution in [3.05, 3.63) is 79.2 Å². The topological polar surface area (TPSA) is 157 Å². The van der Waals surface area contributed by atoms with Crippen LogP contribution in [0.15, 0.2) is 41.5 Å². The average Bonchev–Trinajstić information content (AvgIpc) is 3.33. The molecule has 1 heterocycles. The first-order valence-electron chi connectivity index (χ1n) is 16.3. The van der Waals surface area contributed by atoms with Gasteiger partial charge in [-0.1, -0.05) is 18.1 Å². The minimum absolute atomic E-state index is 0.0192. The standard InChI is InChI=1S/C34H42N4O7/c1-34-14-13-27-26-12-10-25(44-20-24-8-7-23(33(39)40)19-30(24)38(41)42)17-21(26)9-11-28(27)29(34)18-22(5-4-15-36-37-35)32(34)45-31-6-2-3-16-43-31/h7-8,10,12,17,19,22,27-29,31-32H,2-6,9,11,13-16,18,20H2,1H3,(H,39,40)/t22-,27+,28+,29-,31?,32-,34-/m0/s1. The quantitative estimate of drug-likeness (QED) is 0.0668. The van der Waals surface area contributed by atoms with E-state index >= 15 is 0 Å². The minimum atomic E-state index is -1.21. The van der Waals surface area contributed by atoms with Crippen molar-refractivity contribution in [2.75, 3.05) is 13.2 Å². The molecule has 0 bridgehead atoms. The summed E-state index contributed by atoms with van der Waals surface area (Å²) in [4.78, 5) is 25.2. The molecule has 1 aliphatic heterocycles. The second-order valence-electron chi connectivity index (χ2n) is 13.5. The zero-order valence-corrected chi connectivity index (χ0v) is 25.8. The Labute approximate surface area is 263 Å². The van der Waals surface area contributed by atoms with Crippen molar-refractivity contribution in [1.29, 1.82) is 0 Å². The average molecular weight is 619 g/mol. The number of aromatic carboxylic acids is 1. The molecule has 0 spiro atoms. The van der Waals surface area contributed by atoms with Gasteiger partial charge in [0.05, 0.1) is 22.2 Å². The second-order valence-corrected chi connectivity index (χ2v) is 13.5. The molecule has 45 heavy (non-hydrogen) atoms. The highest BCUT2D eigenvalue weighted by atomic mass is 16.7. The fraction of sp³-hybridized carbons (Fsp3) is 0.618. The molecule has 2 saturated carbocycles. The van der Waals surface area contributed by atoms with Gasteiger partial charge in [-0.15, -0.1) is 0 Å². The molecule has 0 aromatic heterocycles. The van der Waals surface area contributed by atoms with Gasteiger partial charge in [-0.2, -0.15) is 0 Å². The number of rotatable bonds is 11. The molecular weight excluding hydrogens is 576 g/mol. The highest BCUT2D eigenvalue weighted by Gasteiger charge is 2.59. The molecule has 1 saturated heterocycles. The van der Waals surface area contributed by atoms with E-state index in [4.69, 9.17) is 19.7 Å². The van der Waals surface area contributed by atoms with Gasteiger partial charge in [-0.05, 0) is 134 Å². The number of carboxylic acids is 1. The summed E-state index contributed by atoms with van der Waals surface area (Å²) in [6, 6.07) is 10.1. The molecule has 1 unspecified atom stereocenters. The number of carbonyl (C=O) groups is 1. The second kappa shape index (κ2) is 13.4. The number of aryl methyl sites for hydroxylation is 1. The smallest absolute Gasteiger partial charge is 0.335 e. The monoisotopic (exact) mass is 618 g/mol. The molecule has 3 fully saturated rings. The fourth-order valence-electron chi connectivity index (χ4n) is 8.92. The lowest BCUT2D eigenvalue weighted by Gasteiger charge is -2.51. The van der Waals surface area contributed by atoms with Gasteiger partial charge in [0.25, 0.3) is 5.69 Å². The molecule has 7 atom stereocenters. The van der Waals surface area contributed by atoms with Crippen molar-refractivity contribution in [1.82, 2.24) is 0 Å². The summed E-state index contributed by atoms with van der Waals surface area (Å²) < 4.78 is 18.9. The van der Waals surface area contributed by atoms with E-state index in [2.05, 4.69) is 29.1 Å². The van der Waals surface area contributed by atoms with Gasteiger partial charge in [0.2, 0.25) is 0 Å². The van der Waals surface area contributed by atoms with Gasteiger partial charge in [0.15, 0.2) is 6.29 Å². The Morgan fingerprint density at radius 2 is 2.09 bits per heavy atom. The van der Waals surface area contributed by atoms with Crippen LogP contribution in [0, 0.1) is 33.3 Å². The maximum Gasteiger partial charge on any atom is 0.335 e. The first-order valence-corrected chi connectivity index (χ1v) is 16.3. The molecule has 11 nitrogen and oxygen atoms in total. The third-order valence-corrected chi connectivity index (χ3v) is 11.0. The zero-order chi connectivity index (χ0) is 31.6. The molecule has 11 heteroatoms. The van der Waals surface area contributed by atoms with E-state index in [9.17, 15) is 20.0 Å². The molecule has 0 amide bonds. The lowest BCUT2D eigenvalue weighted by atomic mass is 9.55. The Kier molecular flexibility index (Phi) is 9.31. The van der Waals surface area contributed by atoms with Crippen LogP contribution in [0.25, 0.3) is 10.4 Å². The van der Waals surface area contributed by atoms with Crippen LogP contribution in [-0.2, 0) is 22.5 Å². The third-order valence-electron chi connectivity index (χ3n) is 11.0. The number of fused-ring (bicyclic) bond motifs is 5. The van der Waals surface area contributed by atoms with Crippen LogP contribution in [-0.4, -0.2) is 41.5 Å². The lowest BCUT2D eigenvalue weighted by Crippen LogP contribution is -2.47. The zero-order valence-electron chi connectivity index (χ0n) is 25.8. The Morgan fingerprint density at radius 1 is 1.22 bits per heavy atom.